The van der Waals surface area contributed by atoms with Crippen molar-refractivity contribution in [3.8, 4) is 0 Å². The summed E-state index contributed by atoms with van der Waals surface area (Å²) in [6.45, 7) is 7.57. The predicted molar refractivity (Wildman–Crippen MR) is 100.0 cm³/mol. The standard InChI is InChI=1S/C17H26BrN5O/c1-17(2,3)14-8-20-15(24-14)9-21-16(19-4)23(6)11-13-7-12(18)10-22(13)5/h7-8,10H,9,11H2,1-6H3,(H,19,21). The Morgan fingerprint density at radius 1 is 1.46 bits per heavy atom. The topological polar surface area (TPSA) is 58.6 Å². The van der Waals surface area contributed by atoms with Crippen molar-refractivity contribution in [3.63, 3.8) is 0 Å². The average Bonchev–Trinajstić information content (AvgIpc) is 3.06. The molecule has 0 aliphatic rings. The summed E-state index contributed by atoms with van der Waals surface area (Å²) < 4.78 is 8.98. The van der Waals surface area contributed by atoms with Crippen LogP contribution in [0.5, 0.6) is 0 Å². The maximum absolute atomic E-state index is 5.81. The molecule has 7 heteroatoms. The van der Waals surface area contributed by atoms with E-state index in [1.165, 1.54) is 5.69 Å². The third-order valence-electron chi connectivity index (χ3n) is 3.74. The van der Waals surface area contributed by atoms with Crippen LogP contribution in [0, 0.1) is 0 Å². The summed E-state index contributed by atoms with van der Waals surface area (Å²) in [6.07, 6.45) is 3.84. The van der Waals surface area contributed by atoms with Crippen molar-refractivity contribution in [2.24, 2.45) is 12.0 Å². The normalized spacial score (nSPS) is 12.5. The van der Waals surface area contributed by atoms with Crippen LogP contribution >= 0.6 is 15.9 Å². The number of oxazole rings is 1. The van der Waals surface area contributed by atoms with E-state index in [0.717, 1.165) is 22.7 Å². The lowest BCUT2D eigenvalue weighted by molar-refractivity contribution is 0.376. The van der Waals surface area contributed by atoms with E-state index in [2.05, 4.69) is 67.5 Å². The molecule has 2 rings (SSSR count). The molecular weight excluding hydrogens is 370 g/mol. The molecule has 0 spiro atoms. The lowest BCUT2D eigenvalue weighted by Gasteiger charge is -2.22. The van der Waals surface area contributed by atoms with Gasteiger partial charge in [0.1, 0.15) is 5.76 Å². The van der Waals surface area contributed by atoms with Gasteiger partial charge >= 0.3 is 0 Å². The first-order valence-electron chi connectivity index (χ1n) is 7.88. The molecule has 0 aliphatic carbocycles. The number of guanidine groups is 1. The van der Waals surface area contributed by atoms with E-state index in [4.69, 9.17) is 4.42 Å². The molecule has 0 fully saturated rings. The lowest BCUT2D eigenvalue weighted by atomic mass is 9.94. The molecule has 2 aromatic heterocycles. The van der Waals surface area contributed by atoms with Gasteiger partial charge < -0.3 is 19.2 Å². The molecule has 0 atom stereocenters. The SMILES string of the molecule is CN=C(NCc1ncc(C(C)(C)C)o1)N(C)Cc1cc(Br)cn1C. The van der Waals surface area contributed by atoms with Gasteiger partial charge in [-0.3, -0.25) is 4.99 Å². The number of nitrogens with zero attached hydrogens (tertiary/aromatic N) is 4. The van der Waals surface area contributed by atoms with E-state index in [1.54, 1.807) is 13.2 Å². The molecule has 2 heterocycles. The van der Waals surface area contributed by atoms with Crippen molar-refractivity contribution in [1.29, 1.82) is 0 Å². The molecule has 0 radical (unpaired) electrons. The van der Waals surface area contributed by atoms with Gasteiger partial charge in [-0.2, -0.15) is 0 Å². The summed E-state index contributed by atoms with van der Waals surface area (Å²) >= 11 is 3.50. The number of nitrogens with one attached hydrogen (secondary N) is 1. The van der Waals surface area contributed by atoms with Gasteiger partial charge in [0.2, 0.25) is 5.89 Å². The van der Waals surface area contributed by atoms with Crippen LogP contribution in [0.4, 0.5) is 0 Å². The van der Waals surface area contributed by atoms with Gasteiger partial charge in [-0.1, -0.05) is 20.8 Å². The van der Waals surface area contributed by atoms with Crippen molar-refractivity contribution >= 4 is 21.9 Å². The van der Waals surface area contributed by atoms with Crippen LogP contribution in [0.25, 0.3) is 0 Å². The quantitative estimate of drug-likeness (QED) is 0.637. The van der Waals surface area contributed by atoms with Gasteiger partial charge in [-0.15, -0.1) is 0 Å². The molecule has 0 aromatic carbocycles. The molecule has 1 N–H and O–H groups in total. The molecule has 6 nitrogen and oxygen atoms in total. The van der Waals surface area contributed by atoms with Gasteiger partial charge in [0, 0.05) is 42.9 Å². The summed E-state index contributed by atoms with van der Waals surface area (Å²) in [5.74, 6) is 2.34. The Morgan fingerprint density at radius 2 is 2.17 bits per heavy atom. The van der Waals surface area contributed by atoms with Gasteiger partial charge in [-0.25, -0.2) is 4.98 Å². The Morgan fingerprint density at radius 3 is 2.67 bits per heavy atom. The highest BCUT2D eigenvalue weighted by atomic mass is 79.9. The van der Waals surface area contributed by atoms with Crippen LogP contribution in [0.15, 0.2) is 32.3 Å². The van der Waals surface area contributed by atoms with E-state index >= 15 is 0 Å². The molecule has 0 saturated heterocycles. The molecular formula is C17H26BrN5O. The number of aryl methyl sites for hydroxylation is 1. The Kier molecular flexibility index (Phi) is 5.74. The fourth-order valence-corrected chi connectivity index (χ4v) is 2.89. The maximum atomic E-state index is 5.81. The number of aromatic nitrogens is 2. The summed E-state index contributed by atoms with van der Waals surface area (Å²) in [7, 11) is 5.81. The van der Waals surface area contributed by atoms with E-state index in [9.17, 15) is 0 Å². The summed E-state index contributed by atoms with van der Waals surface area (Å²) in [5.41, 5.74) is 1.15. The largest absolute Gasteiger partial charge is 0.443 e. The van der Waals surface area contributed by atoms with Crippen LogP contribution in [0.2, 0.25) is 0 Å². The number of halogens is 1. The highest BCUT2D eigenvalue weighted by Gasteiger charge is 2.19. The molecule has 0 unspecified atom stereocenters. The van der Waals surface area contributed by atoms with Crippen LogP contribution in [0.1, 0.15) is 38.1 Å². The monoisotopic (exact) mass is 395 g/mol. The zero-order chi connectivity index (χ0) is 17.9. The van der Waals surface area contributed by atoms with Crippen molar-refractivity contribution in [1.82, 2.24) is 19.8 Å². The molecule has 0 aliphatic heterocycles. The van der Waals surface area contributed by atoms with Crippen LogP contribution < -0.4 is 5.32 Å². The van der Waals surface area contributed by atoms with E-state index in [0.29, 0.717) is 12.4 Å². The fourth-order valence-electron chi connectivity index (χ4n) is 2.32. The predicted octanol–water partition coefficient (Wildman–Crippen LogP) is 3.28. The Balaban J connectivity index is 1.97. The molecule has 0 bridgehead atoms. The Labute approximate surface area is 152 Å². The Hall–Kier alpha value is -1.76. The van der Waals surface area contributed by atoms with Crippen LogP contribution in [-0.4, -0.2) is 34.5 Å². The van der Waals surface area contributed by atoms with Crippen molar-refractivity contribution in [2.75, 3.05) is 14.1 Å². The number of hydrogen-bond acceptors (Lipinski definition) is 3. The molecule has 2 aromatic rings. The van der Waals surface area contributed by atoms with E-state index < -0.39 is 0 Å². The summed E-state index contributed by atoms with van der Waals surface area (Å²) in [4.78, 5) is 10.7. The first-order valence-corrected chi connectivity index (χ1v) is 8.67. The second kappa shape index (κ2) is 7.42. The van der Waals surface area contributed by atoms with Crippen LogP contribution in [-0.2, 0) is 25.6 Å². The first kappa shape index (κ1) is 18.6. The minimum atomic E-state index is -0.0381. The molecule has 24 heavy (non-hydrogen) atoms. The number of rotatable bonds is 4. The highest BCUT2D eigenvalue weighted by molar-refractivity contribution is 9.10. The third-order valence-corrected chi connectivity index (χ3v) is 4.17. The highest BCUT2D eigenvalue weighted by Crippen LogP contribution is 2.22. The Bertz CT molecular complexity index is 711. The van der Waals surface area contributed by atoms with Crippen molar-refractivity contribution in [3.05, 3.63) is 40.3 Å². The van der Waals surface area contributed by atoms with Gasteiger partial charge in [-0.05, 0) is 22.0 Å². The van der Waals surface area contributed by atoms with Crippen molar-refractivity contribution in [2.45, 2.75) is 39.3 Å². The zero-order valence-electron chi connectivity index (χ0n) is 15.2. The minimum Gasteiger partial charge on any atom is -0.443 e. The molecule has 0 saturated carbocycles. The van der Waals surface area contributed by atoms with Gasteiger partial charge in [0.05, 0.1) is 19.3 Å². The van der Waals surface area contributed by atoms with Gasteiger partial charge in [0.25, 0.3) is 0 Å². The average molecular weight is 396 g/mol. The van der Waals surface area contributed by atoms with Crippen LogP contribution in [0.3, 0.4) is 0 Å². The summed E-state index contributed by atoms with van der Waals surface area (Å²) in [6, 6.07) is 2.10. The number of aliphatic imine (C=N–C) groups is 1. The zero-order valence-corrected chi connectivity index (χ0v) is 16.8. The van der Waals surface area contributed by atoms with Crippen molar-refractivity contribution < 1.29 is 4.42 Å². The second-order valence-corrected chi connectivity index (χ2v) is 7.80. The van der Waals surface area contributed by atoms with E-state index in [-0.39, 0.29) is 5.41 Å². The lowest BCUT2D eigenvalue weighted by Crippen LogP contribution is -2.38. The molecule has 132 valence electrons. The third kappa shape index (κ3) is 4.63. The maximum Gasteiger partial charge on any atom is 0.213 e. The molecule has 0 amide bonds. The van der Waals surface area contributed by atoms with E-state index in [1.807, 2.05) is 20.3 Å². The second-order valence-electron chi connectivity index (χ2n) is 6.89. The first-order chi connectivity index (χ1) is 11.2. The number of hydrogen-bond donors (Lipinski definition) is 1. The van der Waals surface area contributed by atoms with Gasteiger partial charge in [0.15, 0.2) is 5.96 Å². The summed E-state index contributed by atoms with van der Waals surface area (Å²) in [5, 5.41) is 3.30. The fraction of sp³-hybridized carbons (Fsp3) is 0.529. The minimum absolute atomic E-state index is 0.0381. The smallest absolute Gasteiger partial charge is 0.213 e.